The highest BCUT2D eigenvalue weighted by atomic mass is 16.2. The summed E-state index contributed by atoms with van der Waals surface area (Å²) in [5, 5.41) is 0. The Morgan fingerprint density at radius 3 is 2.68 bits per heavy atom. The fourth-order valence-electron chi connectivity index (χ4n) is 3.91. The van der Waals surface area contributed by atoms with Gasteiger partial charge < -0.3 is 4.90 Å². The van der Waals surface area contributed by atoms with E-state index in [1.54, 1.807) is 0 Å². The van der Waals surface area contributed by atoms with Crippen LogP contribution in [-0.4, -0.2) is 47.9 Å². The van der Waals surface area contributed by atoms with Crippen molar-refractivity contribution in [2.45, 2.75) is 45.1 Å². The Hall–Kier alpha value is -1.35. The Bertz CT molecular complexity index is 487. The lowest BCUT2D eigenvalue weighted by atomic mass is 10.0. The summed E-state index contributed by atoms with van der Waals surface area (Å²) in [6, 6.07) is 11.2. The van der Waals surface area contributed by atoms with Crippen LogP contribution in [0.1, 0.15) is 38.2 Å². The predicted octanol–water partition coefficient (Wildman–Crippen LogP) is 2.95. The largest absolute Gasteiger partial charge is 0.341 e. The van der Waals surface area contributed by atoms with E-state index in [1.807, 2.05) is 0 Å². The van der Waals surface area contributed by atoms with Crippen molar-refractivity contribution >= 4 is 5.91 Å². The molecule has 2 heterocycles. The Labute approximate surface area is 134 Å². The van der Waals surface area contributed by atoms with E-state index in [-0.39, 0.29) is 0 Å². The molecule has 1 aromatic rings. The number of amides is 1. The van der Waals surface area contributed by atoms with Crippen molar-refractivity contribution < 1.29 is 4.79 Å². The number of nitrogens with zero attached hydrogens (tertiary/aromatic N) is 2. The number of benzene rings is 1. The molecule has 0 spiro atoms. The maximum atomic E-state index is 12.6. The number of hydrogen-bond acceptors (Lipinski definition) is 2. The molecule has 1 amide bonds. The third-order valence-corrected chi connectivity index (χ3v) is 5.16. The van der Waals surface area contributed by atoms with Gasteiger partial charge in [0.15, 0.2) is 0 Å². The van der Waals surface area contributed by atoms with Crippen LogP contribution in [-0.2, 0) is 11.2 Å². The van der Waals surface area contributed by atoms with Crippen molar-refractivity contribution in [1.29, 1.82) is 0 Å². The van der Waals surface area contributed by atoms with Gasteiger partial charge >= 0.3 is 0 Å². The van der Waals surface area contributed by atoms with E-state index >= 15 is 0 Å². The van der Waals surface area contributed by atoms with Crippen molar-refractivity contribution in [2.75, 3.05) is 26.2 Å². The molecule has 3 heteroatoms. The van der Waals surface area contributed by atoms with Crippen LogP contribution >= 0.6 is 0 Å². The van der Waals surface area contributed by atoms with E-state index in [2.05, 4.69) is 47.1 Å². The van der Waals surface area contributed by atoms with Gasteiger partial charge in [-0.2, -0.15) is 0 Å². The molecule has 3 nitrogen and oxygen atoms in total. The lowest BCUT2D eigenvalue weighted by Gasteiger charge is -2.33. The summed E-state index contributed by atoms with van der Waals surface area (Å²) < 4.78 is 0. The van der Waals surface area contributed by atoms with Crippen molar-refractivity contribution in [3.63, 3.8) is 0 Å². The SMILES string of the molecule is C[C@H]1CCCN(C(=O)CN2CCC[C@H]2Cc2ccccc2)C1. The zero-order valence-corrected chi connectivity index (χ0v) is 13.7. The first-order valence-corrected chi connectivity index (χ1v) is 8.78. The van der Waals surface area contributed by atoms with E-state index in [1.165, 1.54) is 31.2 Å². The van der Waals surface area contributed by atoms with Crippen LogP contribution in [0.3, 0.4) is 0 Å². The zero-order valence-electron chi connectivity index (χ0n) is 13.7. The number of piperidine rings is 1. The number of carbonyl (C=O) groups excluding carboxylic acids is 1. The lowest BCUT2D eigenvalue weighted by Crippen LogP contribution is -2.46. The van der Waals surface area contributed by atoms with E-state index < -0.39 is 0 Å². The highest BCUT2D eigenvalue weighted by molar-refractivity contribution is 5.78. The fourth-order valence-corrected chi connectivity index (χ4v) is 3.91. The minimum atomic E-state index is 0.339. The molecule has 0 N–H and O–H groups in total. The Kier molecular flexibility index (Phi) is 5.14. The second kappa shape index (κ2) is 7.28. The second-order valence-electron chi connectivity index (χ2n) is 7.04. The summed E-state index contributed by atoms with van der Waals surface area (Å²) in [7, 11) is 0. The maximum Gasteiger partial charge on any atom is 0.236 e. The van der Waals surface area contributed by atoms with Gasteiger partial charge in [-0.05, 0) is 50.1 Å². The highest BCUT2D eigenvalue weighted by Crippen LogP contribution is 2.22. The van der Waals surface area contributed by atoms with E-state index in [9.17, 15) is 4.79 Å². The summed E-state index contributed by atoms with van der Waals surface area (Å²) in [4.78, 5) is 17.1. The third-order valence-electron chi connectivity index (χ3n) is 5.16. The van der Waals surface area contributed by atoms with Gasteiger partial charge in [0.1, 0.15) is 0 Å². The average molecular weight is 300 g/mol. The van der Waals surface area contributed by atoms with Crippen LogP contribution in [0.25, 0.3) is 0 Å². The van der Waals surface area contributed by atoms with Gasteiger partial charge in [-0.3, -0.25) is 9.69 Å². The number of hydrogen-bond donors (Lipinski definition) is 0. The second-order valence-corrected chi connectivity index (χ2v) is 7.04. The molecule has 3 rings (SSSR count). The predicted molar refractivity (Wildman–Crippen MR) is 89.7 cm³/mol. The fraction of sp³-hybridized carbons (Fsp3) is 0.632. The molecule has 0 aliphatic carbocycles. The van der Waals surface area contributed by atoms with Crippen LogP contribution in [0.4, 0.5) is 0 Å². The van der Waals surface area contributed by atoms with Gasteiger partial charge in [-0.1, -0.05) is 37.3 Å². The zero-order chi connectivity index (χ0) is 15.4. The summed E-state index contributed by atoms with van der Waals surface area (Å²) in [5.41, 5.74) is 1.39. The standard InChI is InChI=1S/C19H28N2O/c1-16-7-5-12-21(14-16)19(22)15-20-11-6-10-18(20)13-17-8-3-2-4-9-17/h2-4,8-9,16,18H,5-7,10-15H2,1H3/t16-,18-/m0/s1. The molecule has 0 unspecified atom stereocenters. The average Bonchev–Trinajstić information content (AvgIpc) is 2.95. The number of rotatable bonds is 4. The molecule has 2 aliphatic heterocycles. The summed E-state index contributed by atoms with van der Waals surface area (Å²) >= 11 is 0. The molecule has 0 saturated carbocycles. The van der Waals surface area contributed by atoms with Gasteiger partial charge in [0.25, 0.3) is 0 Å². The van der Waals surface area contributed by atoms with E-state index in [4.69, 9.17) is 0 Å². The minimum absolute atomic E-state index is 0.339. The van der Waals surface area contributed by atoms with Gasteiger partial charge in [0, 0.05) is 19.1 Å². The first kappa shape index (κ1) is 15.5. The summed E-state index contributed by atoms with van der Waals surface area (Å²) in [6.07, 6.45) is 5.95. The van der Waals surface area contributed by atoms with E-state index in [0.717, 1.165) is 26.1 Å². The van der Waals surface area contributed by atoms with Crippen LogP contribution in [0.5, 0.6) is 0 Å². The van der Waals surface area contributed by atoms with Gasteiger partial charge in [-0.15, -0.1) is 0 Å². The molecule has 1 aromatic carbocycles. The molecule has 0 aromatic heterocycles. The molecule has 0 radical (unpaired) electrons. The Balaban J connectivity index is 1.55. The molecule has 2 saturated heterocycles. The summed E-state index contributed by atoms with van der Waals surface area (Å²) in [5.74, 6) is 1.00. The smallest absolute Gasteiger partial charge is 0.236 e. The number of carbonyl (C=O) groups is 1. The first-order valence-electron chi connectivity index (χ1n) is 8.78. The van der Waals surface area contributed by atoms with Crippen LogP contribution in [0.15, 0.2) is 30.3 Å². The molecule has 0 bridgehead atoms. The first-order chi connectivity index (χ1) is 10.7. The van der Waals surface area contributed by atoms with Crippen molar-refractivity contribution in [1.82, 2.24) is 9.80 Å². The summed E-state index contributed by atoms with van der Waals surface area (Å²) in [6.45, 7) is 5.86. The molecular formula is C19H28N2O. The quantitative estimate of drug-likeness (QED) is 0.853. The lowest BCUT2D eigenvalue weighted by molar-refractivity contribution is -0.134. The normalized spacial score (nSPS) is 26.3. The highest BCUT2D eigenvalue weighted by Gasteiger charge is 2.29. The van der Waals surface area contributed by atoms with Crippen molar-refractivity contribution in [3.05, 3.63) is 35.9 Å². The maximum absolute atomic E-state index is 12.6. The van der Waals surface area contributed by atoms with Crippen LogP contribution in [0, 0.1) is 5.92 Å². The topological polar surface area (TPSA) is 23.6 Å². The Morgan fingerprint density at radius 1 is 1.14 bits per heavy atom. The molecule has 2 aliphatic rings. The number of likely N-dealkylation sites (tertiary alicyclic amines) is 2. The van der Waals surface area contributed by atoms with Crippen LogP contribution in [0.2, 0.25) is 0 Å². The molecule has 120 valence electrons. The molecule has 2 atom stereocenters. The van der Waals surface area contributed by atoms with Gasteiger partial charge in [0.05, 0.1) is 6.54 Å². The van der Waals surface area contributed by atoms with Gasteiger partial charge in [0.2, 0.25) is 5.91 Å². The Morgan fingerprint density at radius 2 is 1.91 bits per heavy atom. The van der Waals surface area contributed by atoms with E-state index in [0.29, 0.717) is 24.4 Å². The van der Waals surface area contributed by atoms with Crippen molar-refractivity contribution in [3.8, 4) is 0 Å². The third kappa shape index (κ3) is 3.89. The molecular weight excluding hydrogens is 272 g/mol. The molecule has 22 heavy (non-hydrogen) atoms. The van der Waals surface area contributed by atoms with Crippen molar-refractivity contribution in [2.24, 2.45) is 5.92 Å². The monoisotopic (exact) mass is 300 g/mol. The molecule has 2 fully saturated rings. The van der Waals surface area contributed by atoms with Crippen LogP contribution < -0.4 is 0 Å². The van der Waals surface area contributed by atoms with Gasteiger partial charge in [-0.25, -0.2) is 0 Å². The minimum Gasteiger partial charge on any atom is -0.341 e.